The van der Waals surface area contributed by atoms with Crippen molar-refractivity contribution in [2.75, 3.05) is 27.8 Å². The molecule has 0 atom stereocenters. The fraction of sp³-hybridized carbons (Fsp3) is 0.357. The first-order chi connectivity index (χ1) is 10.3. The molecule has 0 saturated carbocycles. The third kappa shape index (κ3) is 3.50. The summed E-state index contributed by atoms with van der Waals surface area (Å²) in [6.07, 6.45) is 0. The largest absolute Gasteiger partial charge is 0.493 e. The van der Waals surface area contributed by atoms with Crippen LogP contribution < -0.4 is 9.47 Å². The summed E-state index contributed by atoms with van der Waals surface area (Å²) >= 11 is 0. The zero-order chi connectivity index (χ0) is 16.9. The average Bonchev–Trinajstić information content (AvgIpc) is 2.50. The number of nitrogens with zero attached hydrogens (tertiary/aromatic N) is 1. The molecule has 0 spiro atoms. The van der Waals surface area contributed by atoms with Crippen molar-refractivity contribution in [1.29, 1.82) is 0 Å². The van der Waals surface area contributed by atoms with Gasteiger partial charge in [0, 0.05) is 13.1 Å². The van der Waals surface area contributed by atoms with Crippen LogP contribution in [-0.4, -0.2) is 51.6 Å². The van der Waals surface area contributed by atoms with Crippen LogP contribution in [-0.2, 0) is 10.0 Å². The van der Waals surface area contributed by atoms with E-state index in [2.05, 4.69) is 11.8 Å². The number of benzene rings is 1. The van der Waals surface area contributed by atoms with Crippen LogP contribution in [0.5, 0.6) is 11.5 Å². The molecule has 1 aromatic rings. The number of hydrogen-bond donors (Lipinski definition) is 1. The van der Waals surface area contributed by atoms with E-state index in [1.807, 2.05) is 0 Å². The number of ether oxygens (including phenoxy) is 2. The Bertz CT molecular complexity index is 730. The van der Waals surface area contributed by atoms with Crippen molar-refractivity contribution in [3.8, 4) is 23.3 Å². The summed E-state index contributed by atoms with van der Waals surface area (Å²) in [6, 6.07) is 2.26. The van der Waals surface area contributed by atoms with Crippen LogP contribution in [0.25, 0.3) is 0 Å². The Morgan fingerprint density at radius 3 is 2.41 bits per heavy atom. The van der Waals surface area contributed by atoms with Crippen molar-refractivity contribution in [1.82, 2.24) is 4.31 Å². The van der Waals surface area contributed by atoms with Crippen molar-refractivity contribution in [2.45, 2.75) is 11.8 Å². The molecule has 1 aromatic carbocycles. The summed E-state index contributed by atoms with van der Waals surface area (Å²) in [5, 5.41) is 9.22. The molecule has 1 rings (SSSR count). The van der Waals surface area contributed by atoms with Gasteiger partial charge in [0.25, 0.3) is 0 Å². The Labute approximate surface area is 129 Å². The second-order valence-electron chi connectivity index (χ2n) is 4.20. The Kier molecular flexibility index (Phi) is 5.79. The van der Waals surface area contributed by atoms with E-state index in [9.17, 15) is 18.3 Å². The maximum Gasteiger partial charge on any atom is 0.339 e. The van der Waals surface area contributed by atoms with Crippen LogP contribution in [0, 0.1) is 11.8 Å². The highest BCUT2D eigenvalue weighted by molar-refractivity contribution is 7.89. The highest BCUT2D eigenvalue weighted by Gasteiger charge is 2.26. The summed E-state index contributed by atoms with van der Waals surface area (Å²) in [6.45, 7) is 1.59. The maximum absolute atomic E-state index is 12.4. The summed E-state index contributed by atoms with van der Waals surface area (Å²) in [5.41, 5.74) is -0.296. The summed E-state index contributed by atoms with van der Waals surface area (Å²) in [4.78, 5) is 11.1. The molecule has 0 aromatic heterocycles. The van der Waals surface area contributed by atoms with E-state index in [1.165, 1.54) is 27.3 Å². The van der Waals surface area contributed by atoms with Crippen LogP contribution >= 0.6 is 0 Å². The van der Waals surface area contributed by atoms with Gasteiger partial charge in [0.1, 0.15) is 5.56 Å². The monoisotopic (exact) mass is 327 g/mol. The minimum Gasteiger partial charge on any atom is -0.493 e. The molecular formula is C14H17NO6S. The molecule has 1 N–H and O–H groups in total. The molecule has 0 unspecified atom stereocenters. The molecule has 7 nitrogen and oxygen atoms in total. The van der Waals surface area contributed by atoms with Crippen LogP contribution in [0.4, 0.5) is 0 Å². The van der Waals surface area contributed by atoms with Crippen molar-refractivity contribution in [3.05, 3.63) is 17.7 Å². The lowest BCUT2D eigenvalue weighted by Crippen LogP contribution is -2.27. The normalized spacial score (nSPS) is 10.8. The lowest BCUT2D eigenvalue weighted by molar-refractivity contribution is 0.0692. The zero-order valence-corrected chi connectivity index (χ0v) is 13.5. The first kappa shape index (κ1) is 17.8. The molecule has 8 heteroatoms. The first-order valence-electron chi connectivity index (χ1n) is 6.14. The predicted molar refractivity (Wildman–Crippen MR) is 79.8 cm³/mol. The molecular weight excluding hydrogens is 310 g/mol. The van der Waals surface area contributed by atoms with Crippen LogP contribution in [0.2, 0.25) is 0 Å². The fourth-order valence-corrected chi connectivity index (χ4v) is 2.82. The van der Waals surface area contributed by atoms with Crippen LogP contribution in [0.1, 0.15) is 17.3 Å². The Hall–Kier alpha value is -2.24. The van der Waals surface area contributed by atoms with Gasteiger partial charge in [0.05, 0.1) is 25.7 Å². The third-order valence-corrected chi connectivity index (χ3v) is 4.65. The molecule has 0 heterocycles. The molecule has 0 aliphatic rings. The first-order valence-corrected chi connectivity index (χ1v) is 7.58. The van der Waals surface area contributed by atoms with Gasteiger partial charge in [0.2, 0.25) is 10.0 Å². The SMILES string of the molecule is CC#CCN(C)S(=O)(=O)c1cc(OC)c(OC)c(C(=O)O)c1. The minimum absolute atomic E-state index is 0.00438. The van der Waals surface area contributed by atoms with Crippen molar-refractivity contribution >= 4 is 16.0 Å². The Morgan fingerprint density at radius 1 is 1.32 bits per heavy atom. The molecule has 22 heavy (non-hydrogen) atoms. The highest BCUT2D eigenvalue weighted by Crippen LogP contribution is 2.34. The number of rotatable bonds is 6. The lowest BCUT2D eigenvalue weighted by atomic mass is 10.2. The van der Waals surface area contributed by atoms with E-state index in [1.54, 1.807) is 6.92 Å². The van der Waals surface area contributed by atoms with E-state index < -0.39 is 16.0 Å². The van der Waals surface area contributed by atoms with Gasteiger partial charge in [0.15, 0.2) is 11.5 Å². The van der Waals surface area contributed by atoms with Gasteiger partial charge >= 0.3 is 5.97 Å². The second kappa shape index (κ2) is 7.15. The molecule has 120 valence electrons. The van der Waals surface area contributed by atoms with E-state index in [0.717, 1.165) is 10.4 Å². The number of carbonyl (C=O) groups is 1. The van der Waals surface area contributed by atoms with Crippen LogP contribution in [0.15, 0.2) is 17.0 Å². The number of sulfonamides is 1. The second-order valence-corrected chi connectivity index (χ2v) is 6.24. The smallest absolute Gasteiger partial charge is 0.339 e. The average molecular weight is 327 g/mol. The maximum atomic E-state index is 12.4. The molecule has 0 aliphatic heterocycles. The summed E-state index contributed by atoms with van der Waals surface area (Å²) < 4.78 is 35.9. The number of carboxylic acids is 1. The van der Waals surface area contributed by atoms with Crippen LogP contribution in [0.3, 0.4) is 0 Å². The van der Waals surface area contributed by atoms with Gasteiger partial charge in [-0.25, -0.2) is 13.2 Å². The van der Waals surface area contributed by atoms with Gasteiger partial charge in [-0.05, 0) is 13.0 Å². The van der Waals surface area contributed by atoms with E-state index in [-0.39, 0.29) is 28.5 Å². The molecule has 0 amide bonds. The van der Waals surface area contributed by atoms with E-state index in [0.29, 0.717) is 0 Å². The minimum atomic E-state index is -3.89. The zero-order valence-electron chi connectivity index (χ0n) is 12.7. The third-order valence-electron chi connectivity index (χ3n) is 2.87. The number of hydrogen-bond acceptors (Lipinski definition) is 5. The number of carboxylic acid groups (broad SMARTS) is 1. The van der Waals surface area contributed by atoms with Crippen molar-refractivity contribution < 1.29 is 27.8 Å². The molecule has 0 bridgehead atoms. The molecule has 0 saturated heterocycles. The van der Waals surface area contributed by atoms with Gasteiger partial charge < -0.3 is 14.6 Å². The molecule has 0 fully saturated rings. The lowest BCUT2D eigenvalue weighted by Gasteiger charge is -2.17. The van der Waals surface area contributed by atoms with Crippen molar-refractivity contribution in [3.63, 3.8) is 0 Å². The van der Waals surface area contributed by atoms with Gasteiger partial charge in [-0.3, -0.25) is 0 Å². The van der Waals surface area contributed by atoms with Crippen molar-refractivity contribution in [2.24, 2.45) is 0 Å². The Balaban J connectivity index is 3.50. The fourth-order valence-electron chi connectivity index (χ4n) is 1.70. The van der Waals surface area contributed by atoms with Gasteiger partial charge in [-0.15, -0.1) is 5.92 Å². The van der Waals surface area contributed by atoms with Gasteiger partial charge in [-0.1, -0.05) is 5.92 Å². The predicted octanol–water partition coefficient (Wildman–Crippen LogP) is 1.05. The molecule has 0 aliphatic carbocycles. The van der Waals surface area contributed by atoms with Gasteiger partial charge in [-0.2, -0.15) is 4.31 Å². The van der Waals surface area contributed by atoms with E-state index in [4.69, 9.17) is 9.47 Å². The number of methoxy groups -OCH3 is 2. The van der Waals surface area contributed by atoms with E-state index >= 15 is 0 Å². The summed E-state index contributed by atoms with van der Waals surface area (Å²) in [5.74, 6) is 3.91. The highest BCUT2D eigenvalue weighted by atomic mass is 32.2. The Morgan fingerprint density at radius 2 is 1.95 bits per heavy atom. The quantitative estimate of drug-likeness (QED) is 0.785. The summed E-state index contributed by atoms with van der Waals surface area (Å²) in [7, 11) is 0.0421. The topological polar surface area (TPSA) is 93.1 Å². The number of aromatic carboxylic acids is 1. The molecule has 0 radical (unpaired) electrons. The standard InChI is InChI=1S/C14H17NO6S/c1-5-6-7-15(2)22(18,19)10-8-11(14(16)17)13(21-4)12(9-10)20-3/h8-9H,7H2,1-4H3,(H,16,17).